The van der Waals surface area contributed by atoms with Gasteiger partial charge in [-0.05, 0) is 84.9 Å². The summed E-state index contributed by atoms with van der Waals surface area (Å²) in [7, 11) is 0. The zero-order valence-corrected chi connectivity index (χ0v) is 43.8. The minimum Gasteiger partial charge on any atom is -0.504 e. The molecular formula is C55H40O34. The molecule has 5 atom stereocenters. The molecule has 0 aromatic heterocycles. The van der Waals surface area contributed by atoms with E-state index < -0.39 is 239 Å². The summed E-state index contributed by atoms with van der Waals surface area (Å²) in [6.07, 6.45) is -13.1. The van der Waals surface area contributed by atoms with E-state index in [2.05, 4.69) is 0 Å². The minimum absolute atomic E-state index is 0.399. The molecular weight excluding hydrogens is 1200 g/mol. The molecule has 89 heavy (non-hydrogen) atoms. The monoisotopic (exact) mass is 1240 g/mol. The molecule has 0 amide bonds. The first-order valence-electron chi connectivity index (χ1n) is 24.3. The first-order valence-corrected chi connectivity index (χ1v) is 24.3. The Bertz CT molecular complexity index is 3980. The average molecular weight is 1240 g/mol. The Morgan fingerprint density at radius 3 is 0.843 bits per heavy atom. The third kappa shape index (κ3) is 12.9. The maximum absolute atomic E-state index is 14.6. The van der Waals surface area contributed by atoms with Gasteiger partial charge in [0.15, 0.2) is 121 Å². The van der Waals surface area contributed by atoms with Gasteiger partial charge in [0.25, 0.3) is 0 Å². The molecule has 0 bridgehead atoms. The number of carbonyl (C=O) groups is 7. The van der Waals surface area contributed by atoms with Crippen molar-refractivity contribution in [3.8, 4) is 121 Å². The number of aromatic hydroxyl groups is 19. The van der Waals surface area contributed by atoms with Crippen molar-refractivity contribution >= 4 is 41.8 Å². The highest BCUT2D eigenvalue weighted by Crippen LogP contribution is 2.44. The highest BCUT2D eigenvalue weighted by Gasteiger charge is 2.55. The summed E-state index contributed by atoms with van der Waals surface area (Å²) in [6.45, 7) is -1.37. The van der Waals surface area contributed by atoms with E-state index in [1.54, 1.807) is 0 Å². The van der Waals surface area contributed by atoms with Crippen molar-refractivity contribution in [2.75, 3.05) is 6.61 Å². The number of carbonyl (C=O) groups excluding carboxylic acids is 7. The molecule has 1 heterocycles. The van der Waals surface area contributed by atoms with Crippen LogP contribution in [0.15, 0.2) is 84.9 Å². The molecule has 0 radical (unpaired) electrons. The first kappa shape index (κ1) is 62.0. The Balaban J connectivity index is 1.23. The summed E-state index contributed by atoms with van der Waals surface area (Å²) in [5, 5.41) is 194. The topological polar surface area (TPSA) is 578 Å². The largest absolute Gasteiger partial charge is 0.504 e. The van der Waals surface area contributed by atoms with Crippen molar-refractivity contribution in [2.24, 2.45) is 0 Å². The highest BCUT2D eigenvalue weighted by atomic mass is 16.7. The number of phenolic OH excluding ortho intramolecular Hbond substituents is 19. The quantitative estimate of drug-likeness (QED) is 0.0304. The highest BCUT2D eigenvalue weighted by molar-refractivity contribution is 5.98. The second kappa shape index (κ2) is 24.3. The summed E-state index contributed by atoms with van der Waals surface area (Å²) in [6, 6.07) is 7.14. The molecule has 8 rings (SSSR count). The number of benzene rings is 7. The van der Waals surface area contributed by atoms with Gasteiger partial charge in [0.05, 0.1) is 38.9 Å². The van der Waals surface area contributed by atoms with Crippen molar-refractivity contribution in [1.29, 1.82) is 0 Å². The van der Waals surface area contributed by atoms with Crippen LogP contribution in [0, 0.1) is 0 Å². The van der Waals surface area contributed by atoms with Crippen LogP contribution in [0.4, 0.5) is 0 Å². The molecule has 1 saturated heterocycles. The first-order chi connectivity index (χ1) is 41.8. The molecule has 7 aromatic rings. The summed E-state index contributed by atoms with van der Waals surface area (Å²) in [4.78, 5) is 97.0. The van der Waals surface area contributed by atoms with E-state index in [4.69, 9.17) is 37.9 Å². The molecule has 34 nitrogen and oxygen atoms in total. The van der Waals surface area contributed by atoms with Gasteiger partial charge in [0, 0.05) is 0 Å². The van der Waals surface area contributed by atoms with Crippen LogP contribution in [0.1, 0.15) is 72.5 Å². The van der Waals surface area contributed by atoms with E-state index in [1.807, 2.05) is 0 Å². The summed E-state index contributed by atoms with van der Waals surface area (Å²) in [5.41, 5.74) is -6.00. The van der Waals surface area contributed by atoms with Crippen LogP contribution in [0.25, 0.3) is 0 Å². The van der Waals surface area contributed by atoms with E-state index in [0.29, 0.717) is 84.9 Å². The molecule has 464 valence electrons. The minimum atomic E-state index is -2.76. The molecule has 34 heteroatoms. The van der Waals surface area contributed by atoms with Gasteiger partial charge in [-0.25, -0.2) is 33.6 Å². The Labute approximate surface area is 491 Å². The molecule has 0 saturated carbocycles. The lowest BCUT2D eigenvalue weighted by Gasteiger charge is -2.43. The van der Waals surface area contributed by atoms with Crippen molar-refractivity contribution in [3.63, 3.8) is 0 Å². The molecule has 19 N–H and O–H groups in total. The maximum atomic E-state index is 14.6. The molecule has 1 fully saturated rings. The van der Waals surface area contributed by atoms with Gasteiger partial charge >= 0.3 is 41.8 Å². The fourth-order valence-electron chi connectivity index (χ4n) is 8.00. The van der Waals surface area contributed by atoms with Crippen molar-refractivity contribution in [2.45, 2.75) is 30.7 Å². The third-order valence-electron chi connectivity index (χ3n) is 12.4. The molecule has 1 aliphatic heterocycles. The van der Waals surface area contributed by atoms with Crippen LogP contribution in [0.2, 0.25) is 0 Å². The van der Waals surface area contributed by atoms with Crippen LogP contribution in [0.3, 0.4) is 0 Å². The van der Waals surface area contributed by atoms with Gasteiger partial charge in [0.1, 0.15) is 12.7 Å². The average Bonchev–Trinajstić information content (AvgIpc) is 0.949. The van der Waals surface area contributed by atoms with E-state index >= 15 is 0 Å². The Morgan fingerprint density at radius 1 is 0.281 bits per heavy atom. The predicted octanol–water partition coefficient (Wildman–Crippen LogP) is 2.95. The Kier molecular flexibility index (Phi) is 16.9. The van der Waals surface area contributed by atoms with Crippen molar-refractivity contribution in [1.82, 2.24) is 0 Å². The summed E-state index contributed by atoms with van der Waals surface area (Å²) >= 11 is 0. The lowest BCUT2D eigenvalue weighted by atomic mass is 9.97. The standard InChI is InChI=1S/C55H40O34/c56-23-1-16(2-24(57)38(23)68)48(75)82-15-37-45(86-51(78)18-5-27(60)40(70)28(61)6-18)46(87-52(79)19-7-29(62)41(71)30(63)8-19)47(55(85-37)89-54(81)20-9-31(64)42(72)32(65)10-20)88-53(80)22-12-34(67)44(74)36(14-22)84-50(77)21-11-33(66)43(73)35(13-21)83-49(76)17-3-25(58)39(69)26(59)4-17/h1-14,37,45-47,55-74H,15H2/t37-,45-,46+,47-,55+/m1/s1. The Morgan fingerprint density at radius 2 is 0.517 bits per heavy atom. The number of hydrogen-bond acceptors (Lipinski definition) is 34. The van der Waals surface area contributed by atoms with E-state index in [9.17, 15) is 131 Å². The second-order valence-electron chi connectivity index (χ2n) is 18.4. The number of phenols is 19. The normalized spacial score (nSPS) is 16.0. The van der Waals surface area contributed by atoms with Gasteiger partial charge in [-0.1, -0.05) is 0 Å². The number of hydrogen-bond donors (Lipinski definition) is 19. The van der Waals surface area contributed by atoms with Crippen molar-refractivity contribution in [3.05, 3.63) is 124 Å². The fourth-order valence-corrected chi connectivity index (χ4v) is 8.00. The van der Waals surface area contributed by atoms with Gasteiger partial charge < -0.3 is 135 Å². The summed E-state index contributed by atoms with van der Waals surface area (Å²) in [5.74, 6) is -36.2. The van der Waals surface area contributed by atoms with Crippen LogP contribution in [0.5, 0.6) is 121 Å². The SMILES string of the molecule is O=C(OC[C@H]1O[C@@H](OC(=O)c2cc(O)c(O)c(O)c2)[C@H](OC(=O)c2cc(O)c(O)c(OC(=O)c3cc(O)c(O)c(OC(=O)c4cc(O)c(O)c(O)c4)c3)c2)[C@@H](OC(=O)c2cc(O)c(O)c(O)c2)[C@@H]1OC(=O)c1cc(O)c(O)c(O)c1)c1cc(O)c(O)c(O)c1. The molecule has 1 aliphatic rings. The predicted molar refractivity (Wildman–Crippen MR) is 279 cm³/mol. The van der Waals surface area contributed by atoms with Gasteiger partial charge in [-0.2, -0.15) is 0 Å². The molecule has 0 aliphatic carbocycles. The Hall–Kier alpha value is -13.0. The van der Waals surface area contributed by atoms with E-state index in [-0.39, 0.29) is 0 Å². The van der Waals surface area contributed by atoms with Crippen LogP contribution < -0.4 is 9.47 Å². The van der Waals surface area contributed by atoms with Crippen LogP contribution >= 0.6 is 0 Å². The smallest absolute Gasteiger partial charge is 0.343 e. The molecule has 0 spiro atoms. The maximum Gasteiger partial charge on any atom is 0.343 e. The van der Waals surface area contributed by atoms with Crippen LogP contribution in [-0.2, 0) is 28.4 Å². The number of rotatable bonds is 15. The van der Waals surface area contributed by atoms with Gasteiger partial charge in [-0.3, -0.25) is 0 Å². The fraction of sp³-hybridized carbons (Fsp3) is 0.109. The number of ether oxygens (including phenoxy) is 8. The van der Waals surface area contributed by atoms with Gasteiger partial charge in [-0.15, -0.1) is 0 Å². The number of esters is 7. The molecule has 0 unspecified atom stereocenters. The zero-order chi connectivity index (χ0) is 65.4. The van der Waals surface area contributed by atoms with E-state index in [1.165, 1.54) is 0 Å². The van der Waals surface area contributed by atoms with Gasteiger partial charge in [0.2, 0.25) is 23.9 Å². The third-order valence-corrected chi connectivity index (χ3v) is 12.4. The zero-order valence-electron chi connectivity index (χ0n) is 43.8. The van der Waals surface area contributed by atoms with E-state index in [0.717, 1.165) is 0 Å². The second-order valence-corrected chi connectivity index (χ2v) is 18.4. The lowest BCUT2D eigenvalue weighted by Crippen LogP contribution is -2.63. The summed E-state index contributed by atoms with van der Waals surface area (Å²) < 4.78 is 43.8. The molecule has 7 aromatic carbocycles. The van der Waals surface area contributed by atoms with Crippen LogP contribution in [-0.4, -0.2) is 176 Å². The van der Waals surface area contributed by atoms with Crippen molar-refractivity contribution < 1.29 is 168 Å². The lowest BCUT2D eigenvalue weighted by molar-refractivity contribution is -0.282.